The quantitative estimate of drug-likeness (QED) is 0.613. The topological polar surface area (TPSA) is 40.5 Å². The SMILES string of the molecule is [CH]=Cc1ccc(O)cc1O. The van der Waals surface area contributed by atoms with Gasteiger partial charge in [-0.3, -0.25) is 0 Å². The normalized spacial score (nSPS) is 9.20. The van der Waals surface area contributed by atoms with Crippen molar-refractivity contribution in [2.45, 2.75) is 0 Å². The van der Waals surface area contributed by atoms with E-state index >= 15 is 0 Å². The molecule has 0 bridgehead atoms. The molecule has 0 saturated heterocycles. The van der Waals surface area contributed by atoms with Crippen molar-refractivity contribution >= 4 is 6.08 Å². The summed E-state index contributed by atoms with van der Waals surface area (Å²) in [5.74, 6) is 0.0191. The molecule has 10 heavy (non-hydrogen) atoms. The maximum absolute atomic E-state index is 9.02. The Balaban J connectivity index is 3.19. The Morgan fingerprint density at radius 1 is 1.30 bits per heavy atom. The molecule has 0 heterocycles. The number of aromatic hydroxyl groups is 2. The van der Waals surface area contributed by atoms with Gasteiger partial charge in [0.1, 0.15) is 11.5 Å². The van der Waals surface area contributed by atoms with Gasteiger partial charge in [-0.15, -0.1) is 0 Å². The Kier molecular flexibility index (Phi) is 1.63. The van der Waals surface area contributed by atoms with E-state index in [1.165, 1.54) is 24.3 Å². The van der Waals surface area contributed by atoms with Gasteiger partial charge in [0.05, 0.1) is 0 Å². The predicted octanol–water partition coefficient (Wildman–Crippen LogP) is 1.54. The highest BCUT2D eigenvalue weighted by atomic mass is 16.3. The van der Waals surface area contributed by atoms with Crippen molar-refractivity contribution < 1.29 is 10.2 Å². The lowest BCUT2D eigenvalue weighted by Crippen LogP contribution is -1.72. The van der Waals surface area contributed by atoms with Gasteiger partial charge in [-0.05, 0) is 12.1 Å². The van der Waals surface area contributed by atoms with Gasteiger partial charge in [-0.2, -0.15) is 0 Å². The Morgan fingerprint density at radius 2 is 2.00 bits per heavy atom. The molecule has 0 aromatic heterocycles. The van der Waals surface area contributed by atoms with Crippen LogP contribution in [-0.2, 0) is 0 Å². The molecule has 1 aromatic carbocycles. The lowest BCUT2D eigenvalue weighted by molar-refractivity contribution is 0.450. The first-order valence-corrected chi connectivity index (χ1v) is 2.81. The van der Waals surface area contributed by atoms with Crippen LogP contribution in [0.2, 0.25) is 0 Å². The van der Waals surface area contributed by atoms with Crippen molar-refractivity contribution in [3.63, 3.8) is 0 Å². The lowest BCUT2D eigenvalue weighted by atomic mass is 10.2. The first-order chi connectivity index (χ1) is 4.74. The first kappa shape index (κ1) is 6.68. The van der Waals surface area contributed by atoms with Crippen LogP contribution in [0.4, 0.5) is 0 Å². The van der Waals surface area contributed by atoms with Gasteiger partial charge in [0.2, 0.25) is 0 Å². The predicted molar refractivity (Wildman–Crippen MR) is 38.5 cm³/mol. The van der Waals surface area contributed by atoms with Crippen molar-refractivity contribution in [2.24, 2.45) is 0 Å². The number of hydrogen-bond acceptors (Lipinski definition) is 2. The second kappa shape index (κ2) is 2.43. The fourth-order valence-electron chi connectivity index (χ4n) is 0.673. The van der Waals surface area contributed by atoms with E-state index in [0.29, 0.717) is 5.56 Å². The molecule has 0 fully saturated rings. The van der Waals surface area contributed by atoms with Crippen LogP contribution >= 0.6 is 0 Å². The summed E-state index contributed by atoms with van der Waals surface area (Å²) in [6.45, 7) is 5.13. The second-order valence-corrected chi connectivity index (χ2v) is 1.91. The summed E-state index contributed by atoms with van der Waals surface area (Å²) in [5.41, 5.74) is 0.512. The average molecular weight is 135 g/mol. The van der Waals surface area contributed by atoms with Gasteiger partial charge in [0.15, 0.2) is 0 Å². The average Bonchev–Trinajstić information content (AvgIpc) is 1.88. The van der Waals surface area contributed by atoms with Crippen LogP contribution in [0.5, 0.6) is 11.5 Å². The molecule has 1 aromatic rings. The third kappa shape index (κ3) is 1.10. The molecule has 0 atom stereocenters. The van der Waals surface area contributed by atoms with E-state index in [0.717, 1.165) is 0 Å². The van der Waals surface area contributed by atoms with Crippen molar-refractivity contribution in [3.05, 3.63) is 30.3 Å². The molecule has 2 N–H and O–H groups in total. The summed E-state index contributed by atoms with van der Waals surface area (Å²) in [5, 5.41) is 17.8. The van der Waals surface area contributed by atoms with E-state index in [4.69, 9.17) is 16.8 Å². The van der Waals surface area contributed by atoms with E-state index in [1.54, 1.807) is 0 Å². The summed E-state index contributed by atoms with van der Waals surface area (Å²) < 4.78 is 0. The zero-order chi connectivity index (χ0) is 7.56. The maximum atomic E-state index is 9.02. The molecule has 0 saturated carbocycles. The molecule has 0 unspecified atom stereocenters. The van der Waals surface area contributed by atoms with Crippen LogP contribution in [-0.4, -0.2) is 10.2 Å². The molecule has 2 nitrogen and oxygen atoms in total. The zero-order valence-corrected chi connectivity index (χ0v) is 5.28. The molecule has 0 aliphatic rings. The fourth-order valence-corrected chi connectivity index (χ4v) is 0.673. The fraction of sp³-hybridized carbons (Fsp3) is 0. The molecule has 1 radical (unpaired) electrons. The van der Waals surface area contributed by atoms with Crippen molar-refractivity contribution in [3.8, 4) is 11.5 Å². The van der Waals surface area contributed by atoms with Gasteiger partial charge in [0, 0.05) is 11.6 Å². The molecule has 2 heteroatoms. The maximum Gasteiger partial charge on any atom is 0.126 e. The van der Waals surface area contributed by atoms with Crippen molar-refractivity contribution in [1.82, 2.24) is 0 Å². The van der Waals surface area contributed by atoms with Crippen LogP contribution in [0.15, 0.2) is 18.2 Å². The Morgan fingerprint density at radius 3 is 2.50 bits per heavy atom. The number of rotatable bonds is 1. The van der Waals surface area contributed by atoms with Crippen molar-refractivity contribution in [2.75, 3.05) is 0 Å². The first-order valence-electron chi connectivity index (χ1n) is 2.81. The van der Waals surface area contributed by atoms with E-state index in [-0.39, 0.29) is 11.5 Å². The minimum atomic E-state index is -0.0116. The zero-order valence-electron chi connectivity index (χ0n) is 5.28. The van der Waals surface area contributed by atoms with Gasteiger partial charge < -0.3 is 10.2 Å². The summed E-state index contributed by atoms with van der Waals surface area (Å²) >= 11 is 0. The van der Waals surface area contributed by atoms with E-state index < -0.39 is 0 Å². The Hall–Kier alpha value is -1.44. The monoisotopic (exact) mass is 135 g/mol. The van der Waals surface area contributed by atoms with E-state index in [2.05, 4.69) is 0 Å². The third-order valence-electron chi connectivity index (χ3n) is 1.19. The lowest BCUT2D eigenvalue weighted by Gasteiger charge is -1.97. The summed E-state index contributed by atoms with van der Waals surface area (Å²) in [6.07, 6.45) is 1.27. The van der Waals surface area contributed by atoms with Crippen LogP contribution in [0.25, 0.3) is 6.08 Å². The van der Waals surface area contributed by atoms with Gasteiger partial charge in [-0.25, -0.2) is 0 Å². The third-order valence-corrected chi connectivity index (χ3v) is 1.19. The van der Waals surface area contributed by atoms with E-state index in [9.17, 15) is 0 Å². The number of phenols is 2. The Bertz CT molecular complexity index is 253. The number of hydrogen-bond donors (Lipinski definition) is 2. The van der Waals surface area contributed by atoms with E-state index in [1.807, 2.05) is 0 Å². The van der Waals surface area contributed by atoms with Crippen LogP contribution in [0.3, 0.4) is 0 Å². The molecule has 1 rings (SSSR count). The molecule has 51 valence electrons. The number of benzene rings is 1. The van der Waals surface area contributed by atoms with Gasteiger partial charge in [-0.1, -0.05) is 12.7 Å². The van der Waals surface area contributed by atoms with Crippen molar-refractivity contribution in [1.29, 1.82) is 0 Å². The van der Waals surface area contributed by atoms with Crippen LogP contribution < -0.4 is 0 Å². The van der Waals surface area contributed by atoms with Gasteiger partial charge >= 0.3 is 0 Å². The molecule has 0 aliphatic heterocycles. The molecule has 0 aliphatic carbocycles. The standard InChI is InChI=1S/C8H7O2/c1-2-6-3-4-7(9)5-8(6)10/h1-5,9-10H. The summed E-state index contributed by atoms with van der Waals surface area (Å²) in [7, 11) is 0. The minimum Gasteiger partial charge on any atom is -0.508 e. The largest absolute Gasteiger partial charge is 0.508 e. The summed E-state index contributed by atoms with van der Waals surface area (Å²) in [6, 6.07) is 4.22. The van der Waals surface area contributed by atoms with Crippen LogP contribution in [0, 0.1) is 6.58 Å². The highest BCUT2D eigenvalue weighted by Gasteiger charge is 1.95. The van der Waals surface area contributed by atoms with Gasteiger partial charge in [0.25, 0.3) is 0 Å². The van der Waals surface area contributed by atoms with Crippen LogP contribution in [0.1, 0.15) is 5.56 Å². The second-order valence-electron chi connectivity index (χ2n) is 1.91. The molecular formula is C8H7O2. The molecular weight excluding hydrogens is 128 g/mol. The number of phenolic OH excluding ortho intramolecular Hbond substituents is 2. The Labute approximate surface area is 59.1 Å². The highest BCUT2D eigenvalue weighted by molar-refractivity contribution is 5.55. The molecule has 0 spiro atoms. The summed E-state index contributed by atoms with van der Waals surface area (Å²) in [4.78, 5) is 0. The smallest absolute Gasteiger partial charge is 0.126 e. The minimum absolute atomic E-state index is 0.0116. The highest BCUT2D eigenvalue weighted by Crippen LogP contribution is 2.22. The molecule has 0 amide bonds.